The minimum absolute atomic E-state index is 0.151. The van der Waals surface area contributed by atoms with E-state index in [1.807, 2.05) is 0 Å². The number of halogens is 4. The summed E-state index contributed by atoms with van der Waals surface area (Å²) in [6, 6.07) is 8.17. The molecule has 2 amide bonds. The molecule has 4 N–H and O–H groups in total. The van der Waals surface area contributed by atoms with Crippen molar-refractivity contribution in [1.29, 1.82) is 0 Å². The summed E-state index contributed by atoms with van der Waals surface area (Å²) in [7, 11) is 1.32. The van der Waals surface area contributed by atoms with Crippen LogP contribution in [0, 0.1) is 17.5 Å². The molecule has 0 aliphatic carbocycles. The molecule has 0 aliphatic heterocycles. The second kappa shape index (κ2) is 13.6. The second-order valence-corrected chi connectivity index (χ2v) is 8.92. The van der Waals surface area contributed by atoms with E-state index in [9.17, 15) is 31.9 Å². The lowest BCUT2D eigenvalue weighted by atomic mass is 10.1. The lowest BCUT2D eigenvalue weighted by Crippen LogP contribution is -2.39. The van der Waals surface area contributed by atoms with E-state index in [-0.39, 0.29) is 12.3 Å². The Balaban J connectivity index is 1.95. The Kier molecular flexibility index (Phi) is 10.2. The summed E-state index contributed by atoms with van der Waals surface area (Å²) in [5.41, 5.74) is 3.85. The normalized spacial score (nSPS) is 12.7. The highest BCUT2D eigenvalue weighted by molar-refractivity contribution is 5.98. The molecule has 0 unspecified atom stereocenters. The van der Waals surface area contributed by atoms with Crippen molar-refractivity contribution < 1.29 is 31.9 Å². The van der Waals surface area contributed by atoms with Crippen LogP contribution in [-0.2, 0) is 13.2 Å². The molecule has 1 heterocycles. The zero-order valence-electron chi connectivity index (χ0n) is 21.7. The number of likely N-dealkylation sites (N-methyl/N-ethyl adjacent to an activating group) is 1. The predicted molar refractivity (Wildman–Crippen MR) is 140 cm³/mol. The first kappa shape index (κ1) is 30.1. The molecule has 8 nitrogen and oxygen atoms in total. The van der Waals surface area contributed by atoms with Crippen LogP contribution in [0.15, 0.2) is 65.6 Å². The summed E-state index contributed by atoms with van der Waals surface area (Å²) >= 11 is 0. The third kappa shape index (κ3) is 7.35. The highest BCUT2D eigenvalue weighted by Gasteiger charge is 2.27. The molecule has 2 atom stereocenters. The number of amides is 2. The maximum Gasteiger partial charge on any atom is 0.274 e. The molecule has 0 fully saturated rings. The predicted octanol–water partition coefficient (Wildman–Crippen LogP) is 3.61. The van der Waals surface area contributed by atoms with Gasteiger partial charge >= 0.3 is 0 Å². The molecule has 3 aromatic rings. The van der Waals surface area contributed by atoms with E-state index in [0.29, 0.717) is 17.7 Å². The van der Waals surface area contributed by atoms with E-state index in [1.165, 1.54) is 19.2 Å². The molecule has 212 valence electrons. The summed E-state index contributed by atoms with van der Waals surface area (Å²) in [5.74, 6) is -5.93. The Bertz CT molecular complexity index is 1420. The minimum Gasteiger partial charge on any atom is -0.483 e. The van der Waals surface area contributed by atoms with E-state index in [4.69, 9.17) is 10.5 Å². The molecule has 0 saturated carbocycles. The van der Waals surface area contributed by atoms with Gasteiger partial charge in [0.1, 0.15) is 36.3 Å². The summed E-state index contributed by atoms with van der Waals surface area (Å²) in [4.78, 5) is 43.1. The number of nitrogens with two attached hydrogens (primary N) is 1. The minimum atomic E-state index is -1.22. The van der Waals surface area contributed by atoms with Crippen molar-refractivity contribution in [3.05, 3.63) is 111 Å². The van der Waals surface area contributed by atoms with Crippen LogP contribution in [0.3, 0.4) is 0 Å². The maximum atomic E-state index is 14.0. The van der Waals surface area contributed by atoms with E-state index in [2.05, 4.69) is 10.3 Å². The monoisotopic (exact) mass is 560 g/mol. The van der Waals surface area contributed by atoms with Gasteiger partial charge in [0.15, 0.2) is 11.4 Å². The molecule has 2 aromatic carbocycles. The van der Waals surface area contributed by atoms with E-state index >= 15 is 0 Å². The number of carbonyl (C=O) groups excluding carboxylic acids is 2. The smallest absolute Gasteiger partial charge is 0.274 e. The Morgan fingerprint density at radius 1 is 1.12 bits per heavy atom. The molecular formula is C28H28F4N4O4. The van der Waals surface area contributed by atoms with Crippen molar-refractivity contribution >= 4 is 11.8 Å². The number of hydrogen-bond donors (Lipinski definition) is 3. The van der Waals surface area contributed by atoms with Gasteiger partial charge in [0.05, 0.1) is 6.04 Å². The number of aromatic amines is 1. The highest BCUT2D eigenvalue weighted by atomic mass is 19.1. The van der Waals surface area contributed by atoms with E-state index < -0.39 is 76.9 Å². The van der Waals surface area contributed by atoms with E-state index in [0.717, 1.165) is 11.1 Å². The second-order valence-electron chi connectivity index (χ2n) is 8.92. The lowest BCUT2D eigenvalue weighted by molar-refractivity contribution is 0.0730. The molecule has 1 aromatic heterocycles. The van der Waals surface area contributed by atoms with Gasteiger partial charge in [-0.05, 0) is 12.5 Å². The highest BCUT2D eigenvalue weighted by Crippen LogP contribution is 2.19. The largest absolute Gasteiger partial charge is 0.483 e. The fraction of sp³-hybridized carbons (Fsp3) is 0.250. The van der Waals surface area contributed by atoms with Gasteiger partial charge in [-0.25, -0.2) is 17.6 Å². The lowest BCUT2D eigenvalue weighted by Gasteiger charge is -2.24. The van der Waals surface area contributed by atoms with Crippen LogP contribution in [0.4, 0.5) is 17.6 Å². The third-order valence-electron chi connectivity index (χ3n) is 5.87. The van der Waals surface area contributed by atoms with Crippen LogP contribution < -0.4 is 21.2 Å². The third-order valence-corrected chi connectivity index (χ3v) is 5.87. The Morgan fingerprint density at radius 2 is 1.77 bits per heavy atom. The maximum absolute atomic E-state index is 14.0. The number of H-pyrrole nitrogens is 1. The molecule has 0 saturated heterocycles. The number of pyridine rings is 1. The van der Waals surface area contributed by atoms with Gasteiger partial charge in [0, 0.05) is 43.5 Å². The number of benzene rings is 2. The van der Waals surface area contributed by atoms with Gasteiger partial charge in [-0.1, -0.05) is 42.5 Å². The Hall–Kier alpha value is -4.45. The summed E-state index contributed by atoms with van der Waals surface area (Å²) < 4.78 is 60.6. The van der Waals surface area contributed by atoms with Crippen molar-refractivity contribution in [2.24, 2.45) is 5.73 Å². The number of ether oxygens (including phenoxy) is 1. The molecule has 0 spiro atoms. The SMILES string of the molecule is C[C@@H](N)/C=C\[C@H](CF)N(C)C(=O)c1[nH]cc(C(=O)NCc2c(F)cc(F)cc2F)c(=O)c1OCc1ccccc1. The number of nitrogens with one attached hydrogen (secondary N) is 2. The summed E-state index contributed by atoms with van der Waals surface area (Å²) in [6.45, 7) is -0.109. The number of rotatable bonds is 11. The first-order valence-electron chi connectivity index (χ1n) is 12.1. The quantitative estimate of drug-likeness (QED) is 0.245. The van der Waals surface area contributed by atoms with E-state index in [1.54, 1.807) is 37.3 Å². The van der Waals surface area contributed by atoms with Crippen LogP contribution >= 0.6 is 0 Å². The molecule has 0 bridgehead atoms. The van der Waals surface area contributed by atoms with Gasteiger partial charge in [-0.3, -0.25) is 14.4 Å². The van der Waals surface area contributed by atoms with Crippen molar-refractivity contribution in [3.63, 3.8) is 0 Å². The van der Waals surface area contributed by atoms with Gasteiger partial charge in [0.25, 0.3) is 11.8 Å². The van der Waals surface area contributed by atoms with Crippen molar-refractivity contribution in [2.75, 3.05) is 13.7 Å². The van der Waals surface area contributed by atoms with Crippen LogP contribution in [0.1, 0.15) is 38.9 Å². The number of aromatic nitrogens is 1. The van der Waals surface area contributed by atoms with Crippen molar-refractivity contribution in [2.45, 2.75) is 32.2 Å². The number of alkyl halides is 1. The number of nitrogens with zero attached hydrogens (tertiary/aromatic N) is 1. The summed E-state index contributed by atoms with van der Waals surface area (Å²) in [5, 5.41) is 2.20. The van der Waals surface area contributed by atoms with Crippen LogP contribution in [-0.4, -0.2) is 47.5 Å². The van der Waals surface area contributed by atoms with Gasteiger partial charge in [-0.15, -0.1) is 0 Å². The van der Waals surface area contributed by atoms with Gasteiger partial charge in [-0.2, -0.15) is 0 Å². The van der Waals surface area contributed by atoms with Gasteiger partial charge < -0.3 is 25.7 Å². The average molecular weight is 561 g/mol. The number of carbonyl (C=O) groups is 2. The topological polar surface area (TPSA) is 118 Å². The van der Waals surface area contributed by atoms with Crippen LogP contribution in [0.25, 0.3) is 0 Å². The van der Waals surface area contributed by atoms with Gasteiger partial charge in [0.2, 0.25) is 5.43 Å². The van der Waals surface area contributed by atoms with Crippen molar-refractivity contribution in [3.8, 4) is 5.75 Å². The fourth-order valence-corrected chi connectivity index (χ4v) is 3.63. The molecule has 40 heavy (non-hydrogen) atoms. The molecule has 12 heteroatoms. The standard InChI is InChI=1S/C28H28F4N4O4/c1-16(33)8-9-19(12-29)36(2)28(39)24-26(40-15-17-6-4-3-5-7-17)25(37)21(14-34-24)27(38)35-13-20-22(31)10-18(30)11-23(20)32/h3-11,14,16,19H,12-13,15,33H2,1-2H3,(H,34,37)(H,35,38)/b9-8-/t16-,19-/m1/s1. The molecule has 0 radical (unpaired) electrons. The van der Waals surface area contributed by atoms with Crippen molar-refractivity contribution in [1.82, 2.24) is 15.2 Å². The molecular weight excluding hydrogens is 532 g/mol. The average Bonchev–Trinajstić information content (AvgIpc) is 2.91. The fourth-order valence-electron chi connectivity index (χ4n) is 3.63. The number of hydrogen-bond acceptors (Lipinski definition) is 5. The Labute approximate surface area is 227 Å². The van der Waals surface area contributed by atoms with Crippen LogP contribution in [0.2, 0.25) is 0 Å². The zero-order chi connectivity index (χ0) is 29.4. The molecule has 3 rings (SSSR count). The molecule has 0 aliphatic rings. The summed E-state index contributed by atoms with van der Waals surface area (Å²) in [6.07, 6.45) is 3.87. The zero-order valence-corrected chi connectivity index (χ0v) is 21.7. The Morgan fingerprint density at radius 3 is 2.38 bits per heavy atom. The first-order chi connectivity index (χ1) is 19.0. The van der Waals surface area contributed by atoms with Crippen LogP contribution in [0.5, 0.6) is 5.75 Å². The first-order valence-corrected chi connectivity index (χ1v) is 12.1.